The second-order valence-corrected chi connectivity index (χ2v) is 10.1. The first-order valence-electron chi connectivity index (χ1n) is 13.0. The number of amides is 1. The lowest BCUT2D eigenvalue weighted by atomic mass is 10.00. The first kappa shape index (κ1) is 25.0. The van der Waals surface area contributed by atoms with Crippen LogP contribution < -0.4 is 4.90 Å². The highest BCUT2D eigenvalue weighted by atomic mass is 16.3. The number of piperazine rings is 1. The van der Waals surface area contributed by atoms with E-state index < -0.39 is 6.10 Å². The van der Waals surface area contributed by atoms with Crippen LogP contribution >= 0.6 is 0 Å². The molecule has 1 fully saturated rings. The molecule has 0 radical (unpaired) electrons. The molecule has 0 aliphatic carbocycles. The number of nitriles is 1. The fourth-order valence-corrected chi connectivity index (χ4v) is 5.42. The van der Waals surface area contributed by atoms with Crippen LogP contribution in [-0.4, -0.2) is 76.0 Å². The predicted molar refractivity (Wildman–Crippen MR) is 143 cm³/mol. The van der Waals surface area contributed by atoms with Gasteiger partial charge in [0.15, 0.2) is 0 Å². The van der Waals surface area contributed by atoms with E-state index in [2.05, 4.69) is 47.1 Å². The highest BCUT2D eigenvalue weighted by Gasteiger charge is 2.28. The van der Waals surface area contributed by atoms with Gasteiger partial charge in [-0.3, -0.25) is 14.4 Å². The van der Waals surface area contributed by atoms with Crippen molar-refractivity contribution in [3.8, 4) is 17.3 Å². The number of β-amino-alcohol motifs (C(OH)–C–C–N with tert-alkyl or cyclic N) is 1. The van der Waals surface area contributed by atoms with E-state index in [-0.39, 0.29) is 5.91 Å². The zero-order valence-corrected chi connectivity index (χ0v) is 21.6. The number of fused-ring (bicyclic) bond motifs is 1. The number of benzene rings is 2. The van der Waals surface area contributed by atoms with Crippen LogP contribution in [0.15, 0.2) is 48.5 Å². The molecule has 1 N–H and O–H groups in total. The molecule has 0 spiro atoms. The van der Waals surface area contributed by atoms with Crippen LogP contribution in [0, 0.1) is 18.3 Å². The highest BCUT2D eigenvalue weighted by molar-refractivity contribution is 5.74. The van der Waals surface area contributed by atoms with Crippen molar-refractivity contribution < 1.29 is 9.90 Å². The number of aromatic nitrogens is 2. The summed E-state index contributed by atoms with van der Waals surface area (Å²) in [7, 11) is 0. The smallest absolute Gasteiger partial charge is 0.219 e. The van der Waals surface area contributed by atoms with Crippen LogP contribution in [0.1, 0.15) is 29.3 Å². The van der Waals surface area contributed by atoms with Crippen molar-refractivity contribution in [2.24, 2.45) is 0 Å². The maximum atomic E-state index is 12.1. The summed E-state index contributed by atoms with van der Waals surface area (Å²) in [4.78, 5) is 18.5. The van der Waals surface area contributed by atoms with Gasteiger partial charge >= 0.3 is 0 Å². The third kappa shape index (κ3) is 5.38. The van der Waals surface area contributed by atoms with Crippen LogP contribution in [0.3, 0.4) is 0 Å². The van der Waals surface area contributed by atoms with E-state index in [0.717, 1.165) is 60.8 Å². The highest BCUT2D eigenvalue weighted by Crippen LogP contribution is 2.31. The number of hydrogen-bond acceptors (Lipinski definition) is 6. The van der Waals surface area contributed by atoms with Crippen molar-refractivity contribution in [1.82, 2.24) is 19.6 Å². The van der Waals surface area contributed by atoms with E-state index in [1.54, 1.807) is 6.92 Å². The molecule has 8 heteroatoms. The maximum Gasteiger partial charge on any atom is 0.219 e. The van der Waals surface area contributed by atoms with Gasteiger partial charge in [-0.1, -0.05) is 42.0 Å². The van der Waals surface area contributed by atoms with Crippen molar-refractivity contribution in [2.75, 3.05) is 44.2 Å². The molecule has 1 amide bonds. The lowest BCUT2D eigenvalue weighted by Crippen LogP contribution is -2.49. The second kappa shape index (κ2) is 10.8. The van der Waals surface area contributed by atoms with E-state index in [9.17, 15) is 15.2 Å². The monoisotopic (exact) mass is 498 g/mol. The number of carbonyl (C=O) groups excluding carboxylic acids is 1. The zero-order chi connectivity index (χ0) is 25.9. The maximum absolute atomic E-state index is 12.1. The van der Waals surface area contributed by atoms with Crippen molar-refractivity contribution in [2.45, 2.75) is 39.5 Å². The first-order valence-corrected chi connectivity index (χ1v) is 13.0. The number of aliphatic hydroxyl groups is 1. The Balaban J connectivity index is 1.27. The number of carbonyl (C=O) groups is 1. The lowest BCUT2D eigenvalue weighted by molar-refractivity contribution is -0.129. The fourth-order valence-electron chi connectivity index (χ4n) is 5.42. The number of nitrogens with zero attached hydrogens (tertiary/aromatic N) is 6. The summed E-state index contributed by atoms with van der Waals surface area (Å²) < 4.78 is 1.96. The molecule has 1 aromatic heterocycles. The van der Waals surface area contributed by atoms with E-state index in [1.165, 1.54) is 5.56 Å². The van der Waals surface area contributed by atoms with Crippen molar-refractivity contribution >= 4 is 11.6 Å². The Morgan fingerprint density at radius 3 is 2.49 bits per heavy atom. The Bertz CT molecular complexity index is 1300. The third-order valence-electron chi connectivity index (χ3n) is 7.49. The second-order valence-electron chi connectivity index (χ2n) is 10.1. The molecule has 8 nitrogen and oxygen atoms in total. The summed E-state index contributed by atoms with van der Waals surface area (Å²) in [6.45, 7) is 9.19. The van der Waals surface area contributed by atoms with Gasteiger partial charge in [0.05, 0.1) is 29.6 Å². The molecule has 0 bridgehead atoms. The minimum atomic E-state index is -0.557. The van der Waals surface area contributed by atoms with Crippen molar-refractivity contribution in [3.63, 3.8) is 0 Å². The van der Waals surface area contributed by atoms with Crippen LogP contribution in [0.5, 0.6) is 0 Å². The summed E-state index contributed by atoms with van der Waals surface area (Å²) in [6.07, 6.45) is 0.177. The molecular formula is C29H34N6O2. The fraction of sp³-hybridized carbons (Fsp3) is 0.414. The topological polar surface area (TPSA) is 88.6 Å². The molecule has 2 aromatic carbocycles. The van der Waals surface area contributed by atoms with Gasteiger partial charge in [0, 0.05) is 76.0 Å². The van der Waals surface area contributed by atoms with Gasteiger partial charge in [-0.05, 0) is 19.1 Å². The summed E-state index contributed by atoms with van der Waals surface area (Å²) in [5.74, 6) is 0.0739. The van der Waals surface area contributed by atoms with E-state index in [4.69, 9.17) is 5.10 Å². The molecule has 37 heavy (non-hydrogen) atoms. The zero-order valence-electron chi connectivity index (χ0n) is 21.6. The molecule has 1 unspecified atom stereocenters. The quantitative estimate of drug-likeness (QED) is 0.562. The Morgan fingerprint density at radius 1 is 1.05 bits per heavy atom. The SMILES string of the molecule is CC(=O)N1CCc2c(c(-c3ccc(C)cc3)nn2CC(O)CN2CCN(c3ccccc3C#N)CC2)C1. The average molecular weight is 499 g/mol. The number of anilines is 1. The van der Waals surface area contributed by atoms with Gasteiger partial charge in [0.25, 0.3) is 0 Å². The lowest BCUT2D eigenvalue weighted by Gasteiger charge is -2.37. The molecule has 3 aromatic rings. The van der Waals surface area contributed by atoms with Gasteiger partial charge < -0.3 is 14.9 Å². The Kier molecular flexibility index (Phi) is 7.26. The summed E-state index contributed by atoms with van der Waals surface area (Å²) in [6, 6.07) is 18.3. The third-order valence-corrected chi connectivity index (χ3v) is 7.49. The normalized spacial score (nSPS) is 16.8. The van der Waals surface area contributed by atoms with Gasteiger partial charge in [0.1, 0.15) is 6.07 Å². The molecule has 2 aliphatic heterocycles. The molecule has 1 atom stereocenters. The van der Waals surface area contributed by atoms with Crippen molar-refractivity contribution in [3.05, 3.63) is 70.9 Å². The number of para-hydroxylation sites is 1. The number of aliphatic hydroxyl groups excluding tert-OH is 1. The standard InChI is InChI=1S/C29H34N6O2/c1-21-7-9-23(10-8-21)29-26-20-34(22(2)36)12-11-28(26)35(31-29)19-25(37)18-32-13-15-33(16-14-32)27-6-4-3-5-24(27)17-30/h3-10,25,37H,11-16,18-20H2,1-2H3. The minimum Gasteiger partial charge on any atom is -0.390 e. The van der Waals surface area contributed by atoms with E-state index in [1.807, 2.05) is 33.8 Å². The van der Waals surface area contributed by atoms with Gasteiger partial charge in [-0.25, -0.2) is 0 Å². The predicted octanol–water partition coefficient (Wildman–Crippen LogP) is 2.82. The number of aryl methyl sites for hydroxylation is 1. The van der Waals surface area contributed by atoms with Crippen LogP contribution in [0.2, 0.25) is 0 Å². The Hall–Kier alpha value is -3.67. The van der Waals surface area contributed by atoms with Crippen LogP contribution in [0.4, 0.5) is 5.69 Å². The van der Waals surface area contributed by atoms with E-state index in [0.29, 0.717) is 31.7 Å². The van der Waals surface area contributed by atoms with Gasteiger partial charge in [0.2, 0.25) is 5.91 Å². The molecular weight excluding hydrogens is 464 g/mol. The van der Waals surface area contributed by atoms with Crippen LogP contribution in [-0.2, 0) is 24.3 Å². The summed E-state index contributed by atoms with van der Waals surface area (Å²) in [5, 5.41) is 25.4. The molecule has 3 heterocycles. The number of hydrogen-bond donors (Lipinski definition) is 1. The van der Waals surface area contributed by atoms with Crippen molar-refractivity contribution in [1.29, 1.82) is 5.26 Å². The summed E-state index contributed by atoms with van der Waals surface area (Å²) in [5.41, 5.74) is 7.01. The van der Waals surface area contributed by atoms with Crippen LogP contribution in [0.25, 0.3) is 11.3 Å². The molecule has 1 saturated heterocycles. The Morgan fingerprint density at radius 2 is 1.78 bits per heavy atom. The molecule has 5 rings (SSSR count). The first-order chi connectivity index (χ1) is 17.9. The Labute approximate surface area is 218 Å². The number of rotatable bonds is 6. The van der Waals surface area contributed by atoms with Gasteiger partial charge in [-0.2, -0.15) is 10.4 Å². The summed E-state index contributed by atoms with van der Waals surface area (Å²) >= 11 is 0. The largest absolute Gasteiger partial charge is 0.390 e. The van der Waals surface area contributed by atoms with Gasteiger partial charge in [-0.15, -0.1) is 0 Å². The molecule has 0 saturated carbocycles. The molecule has 192 valence electrons. The van der Waals surface area contributed by atoms with E-state index >= 15 is 0 Å². The minimum absolute atomic E-state index is 0.0739. The average Bonchev–Trinajstić information content (AvgIpc) is 3.26. The molecule has 2 aliphatic rings.